The first-order chi connectivity index (χ1) is 15.7. The second-order valence-electron chi connectivity index (χ2n) is 11.7. The van der Waals surface area contributed by atoms with Crippen molar-refractivity contribution in [2.45, 2.75) is 167 Å². The molecule has 0 saturated heterocycles. The molecule has 2 aliphatic rings. The molecule has 0 amide bonds. The second-order valence-corrected chi connectivity index (χ2v) is 15.9. The van der Waals surface area contributed by atoms with Gasteiger partial charge in [0.15, 0.2) is 8.24 Å². The van der Waals surface area contributed by atoms with Crippen molar-refractivity contribution in [1.29, 1.82) is 0 Å². The van der Waals surface area contributed by atoms with Crippen molar-refractivity contribution in [3.8, 4) is 0 Å². The smallest absolute Gasteiger partial charge is 0.156 e. The lowest BCUT2D eigenvalue weighted by atomic mass is 9.99. The van der Waals surface area contributed by atoms with Crippen LogP contribution in [0.1, 0.15) is 156 Å². The molecule has 0 aromatic rings. The minimum Gasteiger partial charge on any atom is -0.334 e. The van der Waals surface area contributed by atoms with Gasteiger partial charge in [-0.3, -0.25) is 0 Å². The summed E-state index contributed by atoms with van der Waals surface area (Å²) < 4.78 is 0. The predicted molar refractivity (Wildman–Crippen MR) is 148 cm³/mol. The van der Waals surface area contributed by atoms with Gasteiger partial charge in [-0.2, -0.15) is 0 Å². The lowest BCUT2D eigenvalue weighted by molar-refractivity contribution is 0.444. The van der Waals surface area contributed by atoms with Gasteiger partial charge in [-0.1, -0.05) is 148 Å². The Hall–Kier alpha value is -0.0831. The summed E-state index contributed by atoms with van der Waals surface area (Å²) in [5, 5.41) is 0. The van der Waals surface area contributed by atoms with Crippen LogP contribution < -0.4 is 4.98 Å². The lowest BCUT2D eigenvalue weighted by Gasteiger charge is -2.46. The number of rotatable bonds is 17. The predicted octanol–water partition coefficient (Wildman–Crippen LogP) is 10.3. The molecular formula is C30H59NSi. The Morgan fingerprint density at radius 3 is 1.88 bits per heavy atom. The first-order valence-electron chi connectivity index (χ1n) is 15.1. The minimum atomic E-state index is -1.59. The molecule has 2 heteroatoms. The van der Waals surface area contributed by atoms with Crippen molar-refractivity contribution in [2.75, 3.05) is 6.54 Å². The Morgan fingerprint density at radius 1 is 0.719 bits per heavy atom. The van der Waals surface area contributed by atoms with E-state index < -0.39 is 8.24 Å². The normalized spacial score (nSPS) is 19.4. The summed E-state index contributed by atoms with van der Waals surface area (Å²) in [6.07, 6.45) is 33.2. The van der Waals surface area contributed by atoms with E-state index in [4.69, 9.17) is 0 Å². The molecule has 0 bridgehead atoms. The maximum absolute atomic E-state index is 4.43. The Morgan fingerprint density at radius 2 is 1.28 bits per heavy atom. The van der Waals surface area contributed by atoms with Crippen LogP contribution in [0.25, 0.3) is 0 Å². The molecule has 0 heterocycles. The third-order valence-electron chi connectivity index (χ3n) is 8.57. The molecule has 2 saturated carbocycles. The zero-order valence-electron chi connectivity index (χ0n) is 22.4. The highest BCUT2D eigenvalue weighted by atomic mass is 28.3. The van der Waals surface area contributed by atoms with Gasteiger partial charge < -0.3 is 4.98 Å². The van der Waals surface area contributed by atoms with Gasteiger partial charge in [-0.25, -0.2) is 0 Å². The molecule has 2 rings (SSSR count). The standard InChI is InChI=1S/C30H59NSi/c1-4-5-6-7-8-9-10-20-27-32(29-22-15-11-16-23-29,30-24-17-12-18-25-30)31-26-19-13-14-21-28(2)3/h20,27-31H,4-19,21-26H2,1-3H3. The molecule has 32 heavy (non-hydrogen) atoms. The van der Waals surface area contributed by atoms with Gasteiger partial charge >= 0.3 is 0 Å². The summed E-state index contributed by atoms with van der Waals surface area (Å²) in [5.41, 5.74) is 4.91. The van der Waals surface area contributed by atoms with Gasteiger partial charge in [0.25, 0.3) is 0 Å². The molecule has 0 aromatic carbocycles. The van der Waals surface area contributed by atoms with E-state index in [9.17, 15) is 0 Å². The van der Waals surface area contributed by atoms with Crippen molar-refractivity contribution in [1.82, 2.24) is 4.98 Å². The number of allylic oxidation sites excluding steroid dienone is 1. The molecule has 1 nitrogen and oxygen atoms in total. The van der Waals surface area contributed by atoms with E-state index in [1.165, 1.54) is 141 Å². The van der Waals surface area contributed by atoms with Gasteiger partial charge in [-0.05, 0) is 42.8 Å². The van der Waals surface area contributed by atoms with E-state index >= 15 is 0 Å². The fraction of sp³-hybridized carbons (Fsp3) is 0.933. The fourth-order valence-electron chi connectivity index (χ4n) is 6.59. The zero-order chi connectivity index (χ0) is 22.9. The quantitative estimate of drug-likeness (QED) is 0.168. The maximum atomic E-state index is 4.43. The van der Waals surface area contributed by atoms with Crippen molar-refractivity contribution in [3.05, 3.63) is 11.8 Å². The number of hydrogen-bond donors (Lipinski definition) is 1. The summed E-state index contributed by atoms with van der Waals surface area (Å²) >= 11 is 0. The molecule has 0 aromatic heterocycles. The molecule has 1 N–H and O–H groups in total. The van der Waals surface area contributed by atoms with Crippen LogP contribution in [-0.4, -0.2) is 14.8 Å². The molecule has 0 spiro atoms. The highest BCUT2D eigenvalue weighted by Crippen LogP contribution is 2.47. The average Bonchev–Trinajstić information content (AvgIpc) is 2.82. The van der Waals surface area contributed by atoms with Gasteiger partial charge in [0.2, 0.25) is 0 Å². The van der Waals surface area contributed by atoms with Crippen LogP contribution in [0.5, 0.6) is 0 Å². The number of unbranched alkanes of at least 4 members (excludes halogenated alkanes) is 8. The van der Waals surface area contributed by atoms with E-state index in [2.05, 4.69) is 37.5 Å². The SMILES string of the molecule is CCCCCCCCC=C[Si](NCCCCCC(C)C)(C1CCCCC1)C1CCCCC1. The Bertz CT molecular complexity index is 441. The highest BCUT2D eigenvalue weighted by Gasteiger charge is 2.45. The van der Waals surface area contributed by atoms with Crippen molar-refractivity contribution in [3.63, 3.8) is 0 Å². The monoisotopic (exact) mass is 461 g/mol. The molecule has 0 radical (unpaired) electrons. The summed E-state index contributed by atoms with van der Waals surface area (Å²) in [6.45, 7) is 8.35. The van der Waals surface area contributed by atoms with E-state index in [1.807, 2.05) is 0 Å². The zero-order valence-corrected chi connectivity index (χ0v) is 23.4. The van der Waals surface area contributed by atoms with Gasteiger partial charge in [0.1, 0.15) is 0 Å². The summed E-state index contributed by atoms with van der Waals surface area (Å²) in [5.74, 6) is 0.866. The topological polar surface area (TPSA) is 12.0 Å². The fourth-order valence-corrected chi connectivity index (χ4v) is 12.4. The Kier molecular flexibility index (Phi) is 15.3. The van der Waals surface area contributed by atoms with Gasteiger partial charge in [0, 0.05) is 0 Å². The Labute approximate surface area is 204 Å². The van der Waals surface area contributed by atoms with Crippen LogP contribution in [0.15, 0.2) is 11.8 Å². The van der Waals surface area contributed by atoms with Crippen LogP contribution in [0.3, 0.4) is 0 Å². The first-order valence-corrected chi connectivity index (χ1v) is 17.3. The minimum absolute atomic E-state index is 0.866. The Balaban J connectivity index is 1.98. The number of nitrogens with one attached hydrogen (secondary N) is 1. The third-order valence-corrected chi connectivity index (χ3v) is 14.1. The molecule has 2 fully saturated rings. The van der Waals surface area contributed by atoms with Crippen molar-refractivity contribution < 1.29 is 0 Å². The molecule has 0 unspecified atom stereocenters. The number of hydrogen-bond acceptors (Lipinski definition) is 1. The van der Waals surface area contributed by atoms with Crippen LogP contribution in [0, 0.1) is 5.92 Å². The summed E-state index contributed by atoms with van der Waals surface area (Å²) in [4.78, 5) is 4.43. The van der Waals surface area contributed by atoms with Gasteiger partial charge in [-0.15, -0.1) is 0 Å². The van der Waals surface area contributed by atoms with Crippen molar-refractivity contribution in [2.24, 2.45) is 5.92 Å². The molecule has 2 aliphatic carbocycles. The van der Waals surface area contributed by atoms with Crippen LogP contribution in [0.4, 0.5) is 0 Å². The van der Waals surface area contributed by atoms with E-state index in [1.54, 1.807) is 0 Å². The third kappa shape index (κ3) is 10.5. The maximum Gasteiger partial charge on any atom is 0.156 e. The van der Waals surface area contributed by atoms with Crippen LogP contribution in [0.2, 0.25) is 11.1 Å². The van der Waals surface area contributed by atoms with E-state index in [0.717, 1.165) is 17.0 Å². The molecule has 0 aliphatic heterocycles. The van der Waals surface area contributed by atoms with Crippen LogP contribution in [-0.2, 0) is 0 Å². The first kappa shape index (κ1) is 28.2. The highest BCUT2D eigenvalue weighted by molar-refractivity contribution is 6.85. The van der Waals surface area contributed by atoms with Gasteiger partial charge in [0.05, 0.1) is 0 Å². The lowest BCUT2D eigenvalue weighted by Crippen LogP contribution is -2.58. The second kappa shape index (κ2) is 17.4. The molecule has 0 atom stereocenters. The van der Waals surface area contributed by atoms with Crippen LogP contribution >= 0.6 is 0 Å². The molecule has 188 valence electrons. The summed E-state index contributed by atoms with van der Waals surface area (Å²) in [7, 11) is -1.59. The van der Waals surface area contributed by atoms with Crippen molar-refractivity contribution >= 4 is 8.24 Å². The average molecular weight is 462 g/mol. The van der Waals surface area contributed by atoms with E-state index in [-0.39, 0.29) is 0 Å². The largest absolute Gasteiger partial charge is 0.334 e. The summed E-state index contributed by atoms with van der Waals surface area (Å²) in [6, 6.07) is 0. The van der Waals surface area contributed by atoms with E-state index in [0.29, 0.717) is 0 Å². The molecular weight excluding hydrogens is 402 g/mol.